The lowest BCUT2D eigenvalue weighted by Crippen LogP contribution is -3.00. The molecule has 1 heterocycles. The summed E-state index contributed by atoms with van der Waals surface area (Å²) < 4.78 is 2.21. The van der Waals surface area contributed by atoms with E-state index in [0.29, 0.717) is 17.0 Å². The minimum atomic E-state index is -0.230. The number of halogens is 2. The van der Waals surface area contributed by atoms with E-state index in [2.05, 4.69) is 16.0 Å². The van der Waals surface area contributed by atoms with Crippen LogP contribution >= 0.6 is 11.6 Å². The first-order valence-electron chi connectivity index (χ1n) is 11.2. The van der Waals surface area contributed by atoms with Crippen LogP contribution in [0.4, 0.5) is 0 Å². The van der Waals surface area contributed by atoms with Gasteiger partial charge in [-0.1, -0.05) is 49.4 Å². The van der Waals surface area contributed by atoms with Crippen molar-refractivity contribution < 1.29 is 18.6 Å². The van der Waals surface area contributed by atoms with Gasteiger partial charge in [0, 0.05) is 16.6 Å². The molecule has 1 unspecified atom stereocenters. The normalized spacial score (nSPS) is 18.2. The summed E-state index contributed by atoms with van der Waals surface area (Å²) in [6.07, 6.45) is 9.19. The molecular formula is C25H29Cl2N3O. The number of hydrogen-bond acceptors (Lipinski definition) is 2. The SMILES string of the molecule is O=C(NC1CCCC1)C(C1CCCC1)n1c(-c2ccc(Cl)cc2)nc2ccccc21.[Cl-].[H+]. The zero-order chi connectivity index (χ0) is 20.5. The number of nitrogens with one attached hydrogen (secondary N) is 1. The number of benzene rings is 2. The lowest BCUT2D eigenvalue weighted by atomic mass is 9.95. The van der Waals surface area contributed by atoms with E-state index in [4.69, 9.17) is 16.6 Å². The summed E-state index contributed by atoms with van der Waals surface area (Å²) >= 11 is 6.14. The van der Waals surface area contributed by atoms with Gasteiger partial charge >= 0.3 is 1.43 Å². The highest BCUT2D eigenvalue weighted by Gasteiger charge is 2.36. The molecule has 0 spiro atoms. The topological polar surface area (TPSA) is 46.9 Å². The fourth-order valence-corrected chi connectivity index (χ4v) is 5.43. The molecule has 2 aliphatic carbocycles. The largest absolute Gasteiger partial charge is 1.00 e. The Balaban J connectivity index is 0.00000144. The van der Waals surface area contributed by atoms with Crippen molar-refractivity contribution in [2.45, 2.75) is 63.5 Å². The molecule has 31 heavy (non-hydrogen) atoms. The third-order valence-corrected chi connectivity index (χ3v) is 7.04. The number of nitrogens with zero attached hydrogens (tertiary/aromatic N) is 2. The van der Waals surface area contributed by atoms with Gasteiger partial charge in [-0.05, 0) is 68.0 Å². The van der Waals surface area contributed by atoms with E-state index in [-0.39, 0.29) is 25.8 Å². The maximum Gasteiger partial charge on any atom is 1.00 e. The first-order chi connectivity index (χ1) is 14.7. The highest BCUT2D eigenvalue weighted by atomic mass is 35.5. The van der Waals surface area contributed by atoms with E-state index in [0.717, 1.165) is 48.1 Å². The number of carbonyl (C=O) groups excluding carboxylic acids is 1. The molecule has 5 rings (SSSR count). The van der Waals surface area contributed by atoms with E-state index in [1.54, 1.807) is 0 Å². The molecule has 6 heteroatoms. The minimum absolute atomic E-state index is 0. The Hall–Kier alpha value is -2.04. The first-order valence-corrected chi connectivity index (χ1v) is 11.6. The van der Waals surface area contributed by atoms with Crippen molar-refractivity contribution in [3.8, 4) is 11.4 Å². The van der Waals surface area contributed by atoms with Gasteiger partial charge in [0.2, 0.25) is 5.91 Å². The molecule has 0 saturated heterocycles. The zero-order valence-corrected chi connectivity index (χ0v) is 19.1. The van der Waals surface area contributed by atoms with Crippen LogP contribution < -0.4 is 17.7 Å². The summed E-state index contributed by atoms with van der Waals surface area (Å²) in [5.41, 5.74) is 2.95. The molecule has 1 amide bonds. The van der Waals surface area contributed by atoms with Crippen LogP contribution in [-0.4, -0.2) is 21.5 Å². The number of rotatable bonds is 5. The molecule has 3 aromatic rings. The maximum atomic E-state index is 13.7. The van der Waals surface area contributed by atoms with E-state index in [1.807, 2.05) is 42.5 Å². The number of imidazole rings is 1. The van der Waals surface area contributed by atoms with E-state index < -0.39 is 0 Å². The molecule has 0 radical (unpaired) electrons. The highest BCUT2D eigenvalue weighted by molar-refractivity contribution is 6.30. The number of carbonyl (C=O) groups is 1. The summed E-state index contributed by atoms with van der Waals surface area (Å²) in [4.78, 5) is 18.6. The predicted octanol–water partition coefficient (Wildman–Crippen LogP) is 3.26. The number of fused-ring (bicyclic) bond motifs is 1. The van der Waals surface area contributed by atoms with Crippen molar-refractivity contribution in [3.63, 3.8) is 0 Å². The molecule has 164 valence electrons. The number of aromatic nitrogens is 2. The monoisotopic (exact) mass is 457 g/mol. The second-order valence-electron chi connectivity index (χ2n) is 8.78. The smallest absolute Gasteiger partial charge is 1.00 e. The molecule has 2 aromatic carbocycles. The fourth-order valence-electron chi connectivity index (χ4n) is 5.30. The van der Waals surface area contributed by atoms with Crippen molar-refractivity contribution >= 4 is 28.5 Å². The Labute approximate surface area is 196 Å². The van der Waals surface area contributed by atoms with Gasteiger partial charge in [0.1, 0.15) is 11.9 Å². The van der Waals surface area contributed by atoms with Crippen LogP contribution in [0.1, 0.15) is 58.8 Å². The quantitative estimate of drug-likeness (QED) is 0.638. The number of para-hydroxylation sites is 2. The van der Waals surface area contributed by atoms with Crippen molar-refractivity contribution in [1.29, 1.82) is 0 Å². The van der Waals surface area contributed by atoms with Gasteiger partial charge in [0.05, 0.1) is 11.0 Å². The van der Waals surface area contributed by atoms with Crippen LogP contribution in [0, 0.1) is 5.92 Å². The Morgan fingerprint density at radius 3 is 2.35 bits per heavy atom. The van der Waals surface area contributed by atoms with Gasteiger partial charge in [-0.25, -0.2) is 4.98 Å². The Morgan fingerprint density at radius 1 is 1.00 bits per heavy atom. The fraction of sp³-hybridized carbons (Fsp3) is 0.440. The first kappa shape index (κ1) is 22.2. The van der Waals surface area contributed by atoms with E-state index in [1.165, 1.54) is 25.7 Å². The van der Waals surface area contributed by atoms with Gasteiger partial charge in [-0.3, -0.25) is 4.79 Å². The standard InChI is InChI=1S/C25H28ClN3O.ClH/c26-19-15-13-18(14-16-19)24-28-21-11-5-6-12-22(21)29(24)23(17-7-1-2-8-17)25(30)27-20-9-3-4-10-20;/h5-6,11-17,20,23H,1-4,7-10H2,(H,27,30);1H. The minimum Gasteiger partial charge on any atom is -1.00 e. The van der Waals surface area contributed by atoms with E-state index in [9.17, 15) is 4.79 Å². The summed E-state index contributed by atoms with van der Waals surface area (Å²) in [5, 5.41) is 4.09. The summed E-state index contributed by atoms with van der Waals surface area (Å²) in [6.45, 7) is 0. The van der Waals surface area contributed by atoms with Crippen LogP contribution in [0.5, 0.6) is 0 Å². The molecule has 2 fully saturated rings. The van der Waals surface area contributed by atoms with Gasteiger partial charge in [0.15, 0.2) is 0 Å². The summed E-state index contributed by atoms with van der Waals surface area (Å²) in [6, 6.07) is 16.0. The highest BCUT2D eigenvalue weighted by Crippen LogP contribution is 2.39. The Kier molecular flexibility index (Phi) is 6.88. The third kappa shape index (κ3) is 4.47. The second-order valence-corrected chi connectivity index (χ2v) is 9.22. The second kappa shape index (κ2) is 9.62. The molecule has 0 bridgehead atoms. The van der Waals surface area contributed by atoms with Crippen LogP contribution in [0.15, 0.2) is 48.5 Å². The number of hydrogen-bond donors (Lipinski definition) is 1. The van der Waals surface area contributed by atoms with Crippen LogP contribution in [0.3, 0.4) is 0 Å². The molecular weight excluding hydrogens is 429 g/mol. The van der Waals surface area contributed by atoms with Crippen molar-refractivity contribution in [2.24, 2.45) is 5.92 Å². The van der Waals surface area contributed by atoms with E-state index >= 15 is 0 Å². The average molecular weight is 458 g/mol. The molecule has 2 saturated carbocycles. The Morgan fingerprint density at radius 2 is 1.65 bits per heavy atom. The predicted molar refractivity (Wildman–Crippen MR) is 123 cm³/mol. The van der Waals surface area contributed by atoms with Crippen molar-refractivity contribution in [3.05, 3.63) is 53.6 Å². The number of amides is 1. The molecule has 1 N–H and O–H groups in total. The van der Waals surface area contributed by atoms with Gasteiger partial charge in [-0.2, -0.15) is 0 Å². The average Bonchev–Trinajstić information content (AvgIpc) is 3.51. The lowest BCUT2D eigenvalue weighted by molar-refractivity contribution is -0.126. The lowest BCUT2D eigenvalue weighted by Gasteiger charge is -2.28. The van der Waals surface area contributed by atoms with Crippen LogP contribution in [0.2, 0.25) is 5.02 Å². The van der Waals surface area contributed by atoms with Crippen LogP contribution in [0.25, 0.3) is 22.4 Å². The van der Waals surface area contributed by atoms with Crippen molar-refractivity contribution in [1.82, 2.24) is 14.9 Å². The molecule has 1 aromatic heterocycles. The summed E-state index contributed by atoms with van der Waals surface area (Å²) in [5.74, 6) is 1.36. The Bertz CT molecular complexity index is 1040. The summed E-state index contributed by atoms with van der Waals surface area (Å²) in [7, 11) is 0. The molecule has 4 nitrogen and oxygen atoms in total. The maximum absolute atomic E-state index is 13.7. The van der Waals surface area contributed by atoms with Crippen molar-refractivity contribution in [2.75, 3.05) is 0 Å². The van der Waals surface area contributed by atoms with Gasteiger partial charge in [0.25, 0.3) is 0 Å². The molecule has 0 aliphatic heterocycles. The molecule has 2 aliphatic rings. The van der Waals surface area contributed by atoms with Crippen LogP contribution in [-0.2, 0) is 4.79 Å². The third-order valence-electron chi connectivity index (χ3n) is 6.79. The van der Waals surface area contributed by atoms with Gasteiger partial charge < -0.3 is 22.3 Å². The molecule has 1 atom stereocenters. The zero-order valence-electron chi connectivity index (χ0n) is 18.6. The van der Waals surface area contributed by atoms with Gasteiger partial charge in [-0.15, -0.1) is 0 Å².